The van der Waals surface area contributed by atoms with Gasteiger partial charge in [-0.15, -0.1) is 0 Å². The molecule has 0 aliphatic carbocycles. The Bertz CT molecular complexity index is 118. The van der Waals surface area contributed by atoms with Gasteiger partial charge in [0.05, 0.1) is 5.92 Å². The lowest BCUT2D eigenvalue weighted by molar-refractivity contribution is -0.188. The van der Waals surface area contributed by atoms with Crippen molar-refractivity contribution < 1.29 is 13.2 Å². The van der Waals surface area contributed by atoms with Gasteiger partial charge in [0.15, 0.2) is 0 Å². The van der Waals surface area contributed by atoms with E-state index in [1.165, 1.54) is 0 Å². The summed E-state index contributed by atoms with van der Waals surface area (Å²) in [6.07, 6.45) is -2.32. The van der Waals surface area contributed by atoms with Crippen LogP contribution in [-0.2, 0) is 0 Å². The third-order valence-electron chi connectivity index (χ3n) is 2.29. The number of hydrogen-bond acceptors (Lipinski definition) is 0. The van der Waals surface area contributed by atoms with Crippen LogP contribution in [0.1, 0.15) is 53.9 Å². The molecule has 2 atom stereocenters. The molecule has 0 bridgehead atoms. The standard InChI is InChI=1S/C9H17F3.C2H6/c1-4-6-7(3)8(5-2)9(10,11)12;1-2/h7-8H,4-6H2,1-3H3;1-2H3. The molecule has 0 aliphatic rings. The Balaban J connectivity index is 0. The smallest absolute Gasteiger partial charge is 0.171 e. The maximum atomic E-state index is 12.3. The van der Waals surface area contributed by atoms with Gasteiger partial charge in [-0.1, -0.05) is 47.5 Å². The van der Waals surface area contributed by atoms with Crippen LogP contribution in [0.15, 0.2) is 0 Å². The van der Waals surface area contributed by atoms with E-state index in [0.29, 0.717) is 6.42 Å². The van der Waals surface area contributed by atoms with Crippen molar-refractivity contribution in [2.45, 2.75) is 60.1 Å². The molecule has 3 heteroatoms. The molecule has 0 amide bonds. The predicted molar refractivity (Wildman–Crippen MR) is 55.3 cm³/mol. The van der Waals surface area contributed by atoms with Crippen molar-refractivity contribution in [1.82, 2.24) is 0 Å². The fourth-order valence-corrected chi connectivity index (χ4v) is 1.61. The Labute approximate surface area is 85.9 Å². The van der Waals surface area contributed by atoms with Gasteiger partial charge in [-0.3, -0.25) is 0 Å². The second-order valence-corrected chi connectivity index (χ2v) is 3.32. The van der Waals surface area contributed by atoms with Crippen LogP contribution in [0.2, 0.25) is 0 Å². The molecule has 0 aromatic carbocycles. The second-order valence-electron chi connectivity index (χ2n) is 3.32. The van der Waals surface area contributed by atoms with Crippen LogP contribution in [0.3, 0.4) is 0 Å². The van der Waals surface area contributed by atoms with Crippen molar-refractivity contribution in [3.05, 3.63) is 0 Å². The Morgan fingerprint density at radius 2 is 1.50 bits per heavy atom. The first-order chi connectivity index (χ1) is 6.43. The number of halogens is 3. The summed E-state index contributed by atoms with van der Waals surface area (Å²) in [6, 6.07) is 0. The van der Waals surface area contributed by atoms with Crippen LogP contribution in [0.25, 0.3) is 0 Å². The highest BCUT2D eigenvalue weighted by atomic mass is 19.4. The Morgan fingerprint density at radius 1 is 1.07 bits per heavy atom. The first-order valence-electron chi connectivity index (χ1n) is 5.50. The molecule has 0 fully saturated rings. The van der Waals surface area contributed by atoms with E-state index in [-0.39, 0.29) is 12.3 Å². The van der Waals surface area contributed by atoms with Gasteiger partial charge in [0.1, 0.15) is 0 Å². The minimum absolute atomic E-state index is 0.199. The maximum absolute atomic E-state index is 12.3. The number of hydrogen-bond donors (Lipinski definition) is 0. The third kappa shape index (κ3) is 6.28. The topological polar surface area (TPSA) is 0 Å². The van der Waals surface area contributed by atoms with Crippen molar-refractivity contribution in [2.75, 3.05) is 0 Å². The highest BCUT2D eigenvalue weighted by molar-refractivity contribution is 4.71. The zero-order valence-electron chi connectivity index (χ0n) is 9.91. The van der Waals surface area contributed by atoms with Crippen LogP contribution < -0.4 is 0 Å². The fourth-order valence-electron chi connectivity index (χ4n) is 1.61. The van der Waals surface area contributed by atoms with E-state index in [2.05, 4.69) is 0 Å². The number of alkyl halides is 3. The molecule has 0 nitrogen and oxygen atoms in total. The SMILES string of the molecule is CC.CCCC(C)C(CC)C(F)(F)F. The summed E-state index contributed by atoms with van der Waals surface area (Å²) in [6.45, 7) is 9.20. The summed E-state index contributed by atoms with van der Waals surface area (Å²) in [4.78, 5) is 0. The van der Waals surface area contributed by atoms with E-state index < -0.39 is 12.1 Å². The molecule has 0 saturated carbocycles. The van der Waals surface area contributed by atoms with Gasteiger partial charge in [-0.2, -0.15) is 13.2 Å². The molecule has 14 heavy (non-hydrogen) atoms. The van der Waals surface area contributed by atoms with Gasteiger partial charge < -0.3 is 0 Å². The molecule has 0 heterocycles. The molecule has 88 valence electrons. The van der Waals surface area contributed by atoms with E-state index in [4.69, 9.17) is 0 Å². The molecule has 2 unspecified atom stereocenters. The van der Waals surface area contributed by atoms with Crippen LogP contribution >= 0.6 is 0 Å². The summed E-state index contributed by atoms with van der Waals surface area (Å²) < 4.78 is 36.9. The first-order valence-corrected chi connectivity index (χ1v) is 5.50. The van der Waals surface area contributed by atoms with Crippen molar-refractivity contribution in [2.24, 2.45) is 11.8 Å². The quantitative estimate of drug-likeness (QED) is 0.612. The summed E-state index contributed by atoms with van der Waals surface area (Å²) in [7, 11) is 0. The van der Waals surface area contributed by atoms with E-state index in [1.807, 2.05) is 20.8 Å². The fraction of sp³-hybridized carbons (Fsp3) is 1.00. The summed E-state index contributed by atoms with van der Waals surface area (Å²) >= 11 is 0. The predicted octanol–water partition coefficient (Wildman–Crippen LogP) is 5.04. The lowest BCUT2D eigenvalue weighted by Crippen LogP contribution is -2.28. The largest absolute Gasteiger partial charge is 0.392 e. The molecule has 0 rings (SSSR count). The van der Waals surface area contributed by atoms with Gasteiger partial charge in [0.2, 0.25) is 0 Å². The minimum atomic E-state index is -4.01. The van der Waals surface area contributed by atoms with Crippen LogP contribution in [-0.4, -0.2) is 6.18 Å². The second kappa shape index (κ2) is 8.13. The van der Waals surface area contributed by atoms with Crippen LogP contribution in [0.4, 0.5) is 13.2 Å². The van der Waals surface area contributed by atoms with Gasteiger partial charge >= 0.3 is 6.18 Å². The molecule has 0 aliphatic heterocycles. The van der Waals surface area contributed by atoms with Crippen molar-refractivity contribution in [3.8, 4) is 0 Å². The minimum Gasteiger partial charge on any atom is -0.171 e. The molecule has 0 aromatic heterocycles. The zero-order chi connectivity index (χ0) is 11.8. The molecule has 0 radical (unpaired) electrons. The van der Waals surface area contributed by atoms with Gasteiger partial charge in [0, 0.05) is 0 Å². The molecule has 0 aromatic rings. The molecule has 0 saturated heterocycles. The van der Waals surface area contributed by atoms with E-state index >= 15 is 0 Å². The normalized spacial score (nSPS) is 15.4. The zero-order valence-corrected chi connectivity index (χ0v) is 9.91. The van der Waals surface area contributed by atoms with Gasteiger partial charge in [-0.05, 0) is 12.3 Å². The summed E-state index contributed by atoms with van der Waals surface area (Å²) in [5, 5.41) is 0. The van der Waals surface area contributed by atoms with Crippen molar-refractivity contribution in [3.63, 3.8) is 0 Å². The molecular formula is C11H23F3. The third-order valence-corrected chi connectivity index (χ3v) is 2.29. The van der Waals surface area contributed by atoms with Gasteiger partial charge in [0.25, 0.3) is 0 Å². The average molecular weight is 212 g/mol. The number of rotatable bonds is 4. The van der Waals surface area contributed by atoms with E-state index in [0.717, 1.165) is 6.42 Å². The lowest BCUT2D eigenvalue weighted by atomic mass is 9.88. The van der Waals surface area contributed by atoms with E-state index in [9.17, 15) is 13.2 Å². The highest BCUT2D eigenvalue weighted by Crippen LogP contribution is 2.36. The summed E-state index contributed by atoms with van der Waals surface area (Å²) in [5.74, 6) is -1.35. The van der Waals surface area contributed by atoms with Gasteiger partial charge in [-0.25, -0.2) is 0 Å². The average Bonchev–Trinajstić information content (AvgIpc) is 2.07. The molecule has 0 spiro atoms. The lowest BCUT2D eigenvalue weighted by Gasteiger charge is -2.24. The monoisotopic (exact) mass is 212 g/mol. The Hall–Kier alpha value is -0.210. The highest BCUT2D eigenvalue weighted by Gasteiger charge is 2.40. The van der Waals surface area contributed by atoms with Crippen LogP contribution in [0.5, 0.6) is 0 Å². The Morgan fingerprint density at radius 3 is 1.71 bits per heavy atom. The van der Waals surface area contributed by atoms with Crippen molar-refractivity contribution in [1.29, 1.82) is 0 Å². The Kier molecular flexibility index (Phi) is 9.42. The van der Waals surface area contributed by atoms with Crippen LogP contribution in [0, 0.1) is 11.8 Å². The van der Waals surface area contributed by atoms with E-state index in [1.54, 1.807) is 13.8 Å². The maximum Gasteiger partial charge on any atom is 0.392 e. The first kappa shape index (κ1) is 16.2. The molecular weight excluding hydrogens is 189 g/mol. The van der Waals surface area contributed by atoms with Crippen molar-refractivity contribution >= 4 is 0 Å². The molecule has 0 N–H and O–H groups in total. The summed E-state index contributed by atoms with van der Waals surface area (Å²) in [5.41, 5.74) is 0.